The average molecular weight is 289 g/mol. The molecule has 1 fully saturated rings. The quantitative estimate of drug-likeness (QED) is 0.845. The molecule has 1 aliphatic heterocycles. The third kappa shape index (κ3) is 4.46. The number of hydrogen-bond donors (Lipinski definition) is 1. The fourth-order valence-corrected chi connectivity index (χ4v) is 2.98. The topological polar surface area (TPSA) is 49.6 Å². The highest BCUT2D eigenvalue weighted by molar-refractivity contribution is 5.79. The van der Waals surface area contributed by atoms with Crippen molar-refractivity contribution in [2.75, 3.05) is 32.4 Å². The summed E-state index contributed by atoms with van der Waals surface area (Å²) in [6.07, 6.45) is 3.84. The molecule has 0 atom stereocenters. The lowest BCUT2D eigenvalue weighted by atomic mass is 10.0. The smallest absolute Gasteiger partial charge is 0.226 e. The molecule has 1 aliphatic rings. The molecule has 2 rings (SSSR count). The van der Waals surface area contributed by atoms with Crippen LogP contribution in [-0.4, -0.2) is 48.4 Å². The van der Waals surface area contributed by atoms with Crippen molar-refractivity contribution >= 4 is 11.6 Å². The Hall–Kier alpha value is -1.55. The minimum Gasteiger partial charge on any atom is -0.399 e. The van der Waals surface area contributed by atoms with Crippen molar-refractivity contribution in [3.63, 3.8) is 0 Å². The lowest BCUT2D eigenvalue weighted by Crippen LogP contribution is -2.46. The molecule has 0 aromatic heterocycles. The molecule has 0 spiro atoms. The minimum absolute atomic E-state index is 0.203. The second-order valence-corrected chi connectivity index (χ2v) is 6.00. The number of carbonyl (C=O) groups excluding carboxylic acids is 1. The van der Waals surface area contributed by atoms with Crippen LogP contribution < -0.4 is 5.73 Å². The fraction of sp³-hybridized carbons (Fsp3) is 0.588. The molecule has 116 valence electrons. The molecule has 0 radical (unpaired) electrons. The monoisotopic (exact) mass is 289 g/mol. The Morgan fingerprint density at radius 2 is 1.90 bits per heavy atom. The first-order valence-corrected chi connectivity index (χ1v) is 7.92. The van der Waals surface area contributed by atoms with Gasteiger partial charge in [0.15, 0.2) is 0 Å². The zero-order valence-corrected chi connectivity index (χ0v) is 13.2. The van der Waals surface area contributed by atoms with Crippen LogP contribution in [0.2, 0.25) is 0 Å². The summed E-state index contributed by atoms with van der Waals surface area (Å²) in [5.41, 5.74) is 7.44. The predicted octanol–water partition coefficient (Wildman–Crippen LogP) is 2.14. The first-order chi connectivity index (χ1) is 10.1. The van der Waals surface area contributed by atoms with Crippen molar-refractivity contribution in [2.24, 2.45) is 0 Å². The lowest BCUT2D eigenvalue weighted by molar-refractivity contribution is -0.132. The molecular formula is C17H27N3O. The van der Waals surface area contributed by atoms with Crippen molar-refractivity contribution in [1.29, 1.82) is 0 Å². The Balaban J connectivity index is 1.84. The number of likely N-dealkylation sites (N-methyl/N-ethyl adjacent to an activating group) is 1. The molecule has 0 unspecified atom stereocenters. The van der Waals surface area contributed by atoms with Crippen LogP contribution in [0.5, 0.6) is 0 Å². The van der Waals surface area contributed by atoms with Crippen LogP contribution in [0.15, 0.2) is 24.3 Å². The first kappa shape index (κ1) is 15.8. The largest absolute Gasteiger partial charge is 0.399 e. The maximum atomic E-state index is 12.4. The second kappa shape index (κ2) is 7.46. The van der Waals surface area contributed by atoms with E-state index in [4.69, 9.17) is 5.73 Å². The van der Waals surface area contributed by atoms with Crippen molar-refractivity contribution < 1.29 is 4.79 Å². The Bertz CT molecular complexity index is 450. The van der Waals surface area contributed by atoms with E-state index < -0.39 is 0 Å². The minimum atomic E-state index is 0.203. The number of nitrogens with zero attached hydrogens (tertiary/aromatic N) is 2. The Morgan fingerprint density at radius 1 is 1.29 bits per heavy atom. The normalized spacial score (nSPS) is 16.9. The number of piperidine rings is 1. The summed E-state index contributed by atoms with van der Waals surface area (Å²) in [6.45, 7) is 5.61. The molecule has 4 heteroatoms. The van der Waals surface area contributed by atoms with Crippen LogP contribution in [0, 0.1) is 0 Å². The number of anilines is 1. The highest BCUT2D eigenvalue weighted by Gasteiger charge is 2.24. The van der Waals surface area contributed by atoms with Crippen LogP contribution in [0.3, 0.4) is 0 Å². The van der Waals surface area contributed by atoms with Gasteiger partial charge in [0, 0.05) is 31.9 Å². The van der Waals surface area contributed by atoms with E-state index >= 15 is 0 Å². The molecule has 1 aromatic carbocycles. The van der Waals surface area contributed by atoms with Gasteiger partial charge in [0.05, 0.1) is 6.42 Å². The van der Waals surface area contributed by atoms with Gasteiger partial charge >= 0.3 is 0 Å². The van der Waals surface area contributed by atoms with E-state index in [9.17, 15) is 4.79 Å². The van der Waals surface area contributed by atoms with E-state index in [1.807, 2.05) is 36.2 Å². The van der Waals surface area contributed by atoms with Crippen LogP contribution in [0.25, 0.3) is 0 Å². The fourth-order valence-electron chi connectivity index (χ4n) is 2.98. The van der Waals surface area contributed by atoms with E-state index in [1.165, 1.54) is 13.0 Å². The number of nitrogens with two attached hydrogens (primary N) is 1. The van der Waals surface area contributed by atoms with Gasteiger partial charge in [0.2, 0.25) is 5.91 Å². The van der Waals surface area contributed by atoms with Crippen molar-refractivity contribution in [1.82, 2.24) is 9.80 Å². The number of amides is 1. The number of benzene rings is 1. The first-order valence-electron chi connectivity index (χ1n) is 7.92. The summed E-state index contributed by atoms with van der Waals surface area (Å²) in [6, 6.07) is 7.97. The highest BCUT2D eigenvalue weighted by atomic mass is 16.2. The maximum Gasteiger partial charge on any atom is 0.226 e. The van der Waals surface area contributed by atoms with Gasteiger partial charge in [0.1, 0.15) is 0 Å². The van der Waals surface area contributed by atoms with Crippen LogP contribution in [0.4, 0.5) is 5.69 Å². The lowest BCUT2D eigenvalue weighted by Gasteiger charge is -2.36. The zero-order valence-electron chi connectivity index (χ0n) is 13.2. The van der Waals surface area contributed by atoms with E-state index in [2.05, 4.69) is 11.8 Å². The van der Waals surface area contributed by atoms with Crippen LogP contribution >= 0.6 is 0 Å². The van der Waals surface area contributed by atoms with Crippen molar-refractivity contribution in [3.8, 4) is 0 Å². The summed E-state index contributed by atoms with van der Waals surface area (Å²) in [5.74, 6) is 0.203. The number of hydrogen-bond acceptors (Lipinski definition) is 3. The SMILES string of the molecule is CCCN1CCC(N(C)C(=O)Cc2ccc(N)cc2)CC1. The predicted molar refractivity (Wildman–Crippen MR) is 87.1 cm³/mol. The molecular weight excluding hydrogens is 262 g/mol. The molecule has 0 aliphatic carbocycles. The standard InChI is InChI=1S/C17H27N3O/c1-3-10-20-11-8-16(9-12-20)19(2)17(21)13-14-4-6-15(18)7-5-14/h4-7,16H,3,8-13,18H2,1-2H3. The van der Waals surface area contributed by atoms with E-state index in [0.717, 1.165) is 37.2 Å². The van der Waals surface area contributed by atoms with E-state index in [-0.39, 0.29) is 5.91 Å². The van der Waals surface area contributed by atoms with Gasteiger partial charge in [-0.3, -0.25) is 4.79 Å². The average Bonchev–Trinajstić information content (AvgIpc) is 2.50. The van der Waals surface area contributed by atoms with Crippen LogP contribution in [0.1, 0.15) is 31.7 Å². The Morgan fingerprint density at radius 3 is 2.48 bits per heavy atom. The Labute approximate surface area is 127 Å². The third-order valence-corrected chi connectivity index (χ3v) is 4.37. The summed E-state index contributed by atoms with van der Waals surface area (Å²) in [7, 11) is 1.94. The van der Waals surface area contributed by atoms with Crippen molar-refractivity contribution in [2.45, 2.75) is 38.6 Å². The van der Waals surface area contributed by atoms with E-state index in [0.29, 0.717) is 12.5 Å². The number of nitrogen functional groups attached to an aromatic ring is 1. The maximum absolute atomic E-state index is 12.4. The molecule has 1 amide bonds. The Kier molecular flexibility index (Phi) is 5.62. The molecule has 0 saturated carbocycles. The van der Waals surface area contributed by atoms with Crippen molar-refractivity contribution in [3.05, 3.63) is 29.8 Å². The molecule has 21 heavy (non-hydrogen) atoms. The van der Waals surface area contributed by atoms with Gasteiger partial charge in [0.25, 0.3) is 0 Å². The van der Waals surface area contributed by atoms with Crippen LogP contribution in [-0.2, 0) is 11.2 Å². The van der Waals surface area contributed by atoms with Gasteiger partial charge in [-0.1, -0.05) is 19.1 Å². The number of carbonyl (C=O) groups is 1. The molecule has 1 heterocycles. The summed E-state index contributed by atoms with van der Waals surface area (Å²) in [4.78, 5) is 16.8. The van der Waals surface area contributed by atoms with Gasteiger partial charge in [-0.05, 0) is 43.5 Å². The molecule has 4 nitrogen and oxygen atoms in total. The third-order valence-electron chi connectivity index (χ3n) is 4.37. The molecule has 0 bridgehead atoms. The summed E-state index contributed by atoms with van der Waals surface area (Å²) >= 11 is 0. The van der Waals surface area contributed by atoms with Gasteiger partial charge < -0.3 is 15.5 Å². The summed E-state index contributed by atoms with van der Waals surface area (Å²) in [5, 5.41) is 0. The highest BCUT2D eigenvalue weighted by Crippen LogP contribution is 2.17. The van der Waals surface area contributed by atoms with Gasteiger partial charge in [-0.15, -0.1) is 0 Å². The molecule has 2 N–H and O–H groups in total. The zero-order chi connectivity index (χ0) is 15.2. The molecule has 1 saturated heterocycles. The van der Waals surface area contributed by atoms with E-state index in [1.54, 1.807) is 0 Å². The number of likely N-dealkylation sites (tertiary alicyclic amines) is 1. The number of rotatable bonds is 5. The summed E-state index contributed by atoms with van der Waals surface area (Å²) < 4.78 is 0. The van der Waals surface area contributed by atoms with Gasteiger partial charge in [-0.2, -0.15) is 0 Å². The second-order valence-electron chi connectivity index (χ2n) is 6.00. The molecule has 1 aromatic rings. The van der Waals surface area contributed by atoms with Gasteiger partial charge in [-0.25, -0.2) is 0 Å².